The molecule has 1 fully saturated rings. The molecule has 4 nitrogen and oxygen atoms in total. The summed E-state index contributed by atoms with van der Waals surface area (Å²) in [7, 11) is 0. The quantitative estimate of drug-likeness (QED) is 0.624. The molecule has 0 spiro atoms. The minimum Gasteiger partial charge on any atom is -0.772 e. The molecule has 0 aromatic rings. The number of hydrogen-bond donors (Lipinski definition) is 1. The second kappa shape index (κ2) is 5.70. The third-order valence-electron chi connectivity index (χ3n) is 2.53. The largest absolute Gasteiger partial charge is 0.772 e. The Morgan fingerprint density at radius 1 is 1.62 bits per heavy atom. The Kier molecular flexibility index (Phi) is 4.87. The summed E-state index contributed by atoms with van der Waals surface area (Å²) in [4.78, 5) is 2.30. The maximum Gasteiger partial charge on any atom is 0.0218 e. The Bertz CT molecular complexity index is 178. The van der Waals surface area contributed by atoms with Crippen molar-refractivity contribution in [1.29, 1.82) is 0 Å². The van der Waals surface area contributed by atoms with E-state index in [-0.39, 0.29) is 5.75 Å². The molecule has 2 unspecified atom stereocenters. The summed E-state index contributed by atoms with van der Waals surface area (Å²) in [6, 6.07) is 0.486. The van der Waals surface area contributed by atoms with Crippen molar-refractivity contribution in [3.05, 3.63) is 0 Å². The highest BCUT2D eigenvalue weighted by Crippen LogP contribution is 2.15. The Balaban J connectivity index is 2.16. The van der Waals surface area contributed by atoms with Crippen molar-refractivity contribution in [3.8, 4) is 0 Å². The molecule has 2 atom stereocenters. The molecular formula is C8H17N2O2S-. The van der Waals surface area contributed by atoms with E-state index in [0.29, 0.717) is 12.6 Å². The first kappa shape index (κ1) is 11.1. The van der Waals surface area contributed by atoms with Crippen molar-refractivity contribution >= 4 is 11.1 Å². The highest BCUT2D eigenvalue weighted by atomic mass is 32.2. The lowest BCUT2D eigenvalue weighted by Crippen LogP contribution is -2.36. The van der Waals surface area contributed by atoms with Gasteiger partial charge in [-0.05, 0) is 32.4 Å². The van der Waals surface area contributed by atoms with Crippen molar-refractivity contribution in [2.45, 2.75) is 25.3 Å². The molecular weight excluding hydrogens is 188 g/mol. The van der Waals surface area contributed by atoms with Crippen LogP contribution in [0.2, 0.25) is 0 Å². The van der Waals surface area contributed by atoms with Crippen molar-refractivity contribution < 1.29 is 8.76 Å². The summed E-state index contributed by atoms with van der Waals surface area (Å²) < 4.78 is 20.6. The zero-order valence-corrected chi connectivity index (χ0v) is 8.59. The zero-order valence-electron chi connectivity index (χ0n) is 7.78. The number of nitrogens with zero attached hydrogens (tertiary/aromatic N) is 1. The monoisotopic (exact) mass is 205 g/mol. The lowest BCUT2D eigenvalue weighted by molar-refractivity contribution is 0.259. The highest BCUT2D eigenvalue weighted by Gasteiger charge is 2.21. The fourth-order valence-corrected chi connectivity index (χ4v) is 2.21. The average molecular weight is 205 g/mol. The van der Waals surface area contributed by atoms with Gasteiger partial charge in [0.05, 0.1) is 0 Å². The second-order valence-electron chi connectivity index (χ2n) is 3.43. The van der Waals surface area contributed by atoms with Crippen molar-refractivity contribution in [2.75, 3.05) is 25.4 Å². The van der Waals surface area contributed by atoms with Crippen LogP contribution in [0.15, 0.2) is 0 Å². The van der Waals surface area contributed by atoms with Gasteiger partial charge in [0.1, 0.15) is 0 Å². The van der Waals surface area contributed by atoms with Gasteiger partial charge in [0.15, 0.2) is 0 Å². The van der Waals surface area contributed by atoms with Gasteiger partial charge in [-0.25, -0.2) is 0 Å². The van der Waals surface area contributed by atoms with Gasteiger partial charge in [-0.2, -0.15) is 0 Å². The van der Waals surface area contributed by atoms with Crippen LogP contribution in [0.3, 0.4) is 0 Å². The molecule has 1 rings (SSSR count). The smallest absolute Gasteiger partial charge is 0.0218 e. The molecule has 0 bridgehead atoms. The topological polar surface area (TPSA) is 69.4 Å². The third kappa shape index (κ3) is 3.72. The highest BCUT2D eigenvalue weighted by molar-refractivity contribution is 7.79. The summed E-state index contributed by atoms with van der Waals surface area (Å²) in [6.45, 7) is 2.64. The minimum absolute atomic E-state index is 0.272. The summed E-state index contributed by atoms with van der Waals surface area (Å²) in [5, 5.41) is 0. The van der Waals surface area contributed by atoms with Crippen molar-refractivity contribution in [2.24, 2.45) is 5.73 Å². The van der Waals surface area contributed by atoms with Gasteiger partial charge in [-0.3, -0.25) is 9.11 Å². The Morgan fingerprint density at radius 2 is 2.38 bits per heavy atom. The van der Waals surface area contributed by atoms with Crippen LogP contribution in [0.4, 0.5) is 0 Å². The molecule has 1 heterocycles. The zero-order chi connectivity index (χ0) is 9.68. The van der Waals surface area contributed by atoms with E-state index in [9.17, 15) is 8.76 Å². The van der Waals surface area contributed by atoms with E-state index in [4.69, 9.17) is 5.73 Å². The first-order chi connectivity index (χ1) is 6.24. The standard InChI is InChI=1S/C8H18N2O2S/c9-7-8-3-1-4-10(8)5-2-6-13(11)12/h8H,1-7,9H2,(H,11,12)/p-1. The molecule has 78 valence electrons. The first-order valence-electron chi connectivity index (χ1n) is 4.74. The van der Waals surface area contributed by atoms with E-state index in [0.717, 1.165) is 25.9 Å². The van der Waals surface area contributed by atoms with Crippen LogP contribution in [0.1, 0.15) is 19.3 Å². The summed E-state index contributed by atoms with van der Waals surface area (Å²) in [6.07, 6.45) is 3.09. The van der Waals surface area contributed by atoms with Gasteiger partial charge in [0, 0.05) is 18.3 Å². The first-order valence-corrected chi connectivity index (χ1v) is 5.98. The van der Waals surface area contributed by atoms with E-state index in [1.54, 1.807) is 0 Å². The molecule has 1 aliphatic rings. The molecule has 0 aromatic heterocycles. The molecule has 13 heavy (non-hydrogen) atoms. The van der Waals surface area contributed by atoms with Crippen molar-refractivity contribution in [1.82, 2.24) is 4.90 Å². The number of nitrogens with two attached hydrogens (primary N) is 1. The minimum atomic E-state index is -1.89. The second-order valence-corrected chi connectivity index (χ2v) is 4.44. The summed E-state index contributed by atoms with van der Waals surface area (Å²) >= 11 is -1.89. The van der Waals surface area contributed by atoms with Crippen LogP contribution in [-0.4, -0.2) is 45.1 Å². The van der Waals surface area contributed by atoms with Crippen molar-refractivity contribution in [3.63, 3.8) is 0 Å². The molecule has 0 saturated carbocycles. The van der Waals surface area contributed by atoms with Crippen LogP contribution in [0.25, 0.3) is 0 Å². The Morgan fingerprint density at radius 3 is 3.00 bits per heavy atom. The van der Waals surface area contributed by atoms with Gasteiger partial charge in [-0.15, -0.1) is 0 Å². The molecule has 0 aliphatic carbocycles. The van der Waals surface area contributed by atoms with Gasteiger partial charge in [-0.1, -0.05) is 11.1 Å². The molecule has 1 saturated heterocycles. The van der Waals surface area contributed by atoms with Crippen LogP contribution in [0, 0.1) is 0 Å². The van der Waals surface area contributed by atoms with Gasteiger partial charge in [0.2, 0.25) is 0 Å². The number of likely N-dealkylation sites (tertiary alicyclic amines) is 1. The Hall–Kier alpha value is 0.0300. The predicted molar refractivity (Wildman–Crippen MR) is 52.1 cm³/mol. The molecule has 0 amide bonds. The van der Waals surface area contributed by atoms with Crippen LogP contribution in [0.5, 0.6) is 0 Å². The number of hydrogen-bond acceptors (Lipinski definition) is 4. The van der Waals surface area contributed by atoms with E-state index in [1.165, 1.54) is 6.42 Å². The molecule has 0 aromatic carbocycles. The fraction of sp³-hybridized carbons (Fsp3) is 1.00. The van der Waals surface area contributed by atoms with E-state index in [1.807, 2.05) is 0 Å². The van der Waals surface area contributed by atoms with Gasteiger partial charge < -0.3 is 10.3 Å². The lowest BCUT2D eigenvalue weighted by Gasteiger charge is -2.22. The molecule has 2 N–H and O–H groups in total. The maximum absolute atomic E-state index is 10.3. The SMILES string of the molecule is NCC1CCCN1CCCS(=O)[O-]. The third-order valence-corrected chi connectivity index (χ3v) is 3.15. The van der Waals surface area contributed by atoms with Crippen LogP contribution < -0.4 is 5.73 Å². The average Bonchev–Trinajstić information content (AvgIpc) is 2.51. The van der Waals surface area contributed by atoms with Crippen LogP contribution in [-0.2, 0) is 11.1 Å². The van der Waals surface area contributed by atoms with E-state index < -0.39 is 11.1 Å². The summed E-state index contributed by atoms with van der Waals surface area (Å²) in [5.74, 6) is 0.272. The van der Waals surface area contributed by atoms with Crippen LogP contribution >= 0.6 is 0 Å². The lowest BCUT2D eigenvalue weighted by atomic mass is 10.2. The van der Waals surface area contributed by atoms with Gasteiger partial charge in [0.25, 0.3) is 0 Å². The molecule has 1 aliphatic heterocycles. The summed E-state index contributed by atoms with van der Waals surface area (Å²) in [5.41, 5.74) is 5.59. The van der Waals surface area contributed by atoms with Gasteiger partial charge >= 0.3 is 0 Å². The molecule has 0 radical (unpaired) electrons. The predicted octanol–water partition coefficient (Wildman–Crippen LogP) is -0.321. The Labute approximate surface area is 81.8 Å². The maximum atomic E-state index is 10.3. The number of rotatable bonds is 5. The van der Waals surface area contributed by atoms with E-state index >= 15 is 0 Å². The molecule has 5 heteroatoms. The van der Waals surface area contributed by atoms with E-state index in [2.05, 4.69) is 4.90 Å². The normalized spacial score (nSPS) is 26.5. The fourth-order valence-electron chi connectivity index (χ4n) is 1.84.